The normalized spacial score (nSPS) is 28.7. The van der Waals surface area contributed by atoms with Crippen molar-refractivity contribution in [1.82, 2.24) is 20.8 Å². The molecule has 5 nitrogen and oxygen atoms in total. The fourth-order valence-corrected chi connectivity index (χ4v) is 5.18. The zero-order valence-electron chi connectivity index (χ0n) is 13.0. The van der Waals surface area contributed by atoms with Crippen LogP contribution >= 0.6 is 11.3 Å². The Bertz CT molecular complexity index is 830. The van der Waals surface area contributed by atoms with Gasteiger partial charge in [-0.1, -0.05) is 6.58 Å². The summed E-state index contributed by atoms with van der Waals surface area (Å²) >= 11 is 1.73. The van der Waals surface area contributed by atoms with E-state index in [1.54, 1.807) is 11.3 Å². The number of aryl methyl sites for hydroxylation is 1. The lowest BCUT2D eigenvalue weighted by atomic mass is 9.98. The van der Waals surface area contributed by atoms with Crippen molar-refractivity contribution in [3.63, 3.8) is 0 Å². The third-order valence-electron chi connectivity index (χ3n) is 5.26. The maximum absolute atomic E-state index is 4.92. The minimum atomic E-state index is 0.359. The van der Waals surface area contributed by atoms with E-state index in [1.165, 1.54) is 24.1 Å². The molecule has 0 radical (unpaired) electrons. The summed E-state index contributed by atoms with van der Waals surface area (Å²) in [7, 11) is 0. The van der Waals surface area contributed by atoms with Gasteiger partial charge in [-0.15, -0.1) is 11.3 Å². The number of piperidine rings is 1. The fourth-order valence-electron chi connectivity index (χ4n) is 4.09. The van der Waals surface area contributed by atoms with Gasteiger partial charge in [-0.05, 0) is 38.2 Å². The van der Waals surface area contributed by atoms with E-state index in [1.807, 2.05) is 13.1 Å². The third-order valence-corrected chi connectivity index (χ3v) is 6.47. The molecule has 3 aliphatic rings. The van der Waals surface area contributed by atoms with Crippen LogP contribution in [0.2, 0.25) is 0 Å². The Balaban J connectivity index is 1.53. The number of amidine groups is 1. The van der Waals surface area contributed by atoms with E-state index in [0.29, 0.717) is 12.1 Å². The molecule has 0 spiro atoms. The lowest BCUT2D eigenvalue weighted by Crippen LogP contribution is -2.47. The number of hydrogen-bond donors (Lipinski definition) is 3. The molecule has 2 aromatic heterocycles. The zero-order chi connectivity index (χ0) is 15.6. The summed E-state index contributed by atoms with van der Waals surface area (Å²) in [5.41, 5.74) is 4.23. The lowest BCUT2D eigenvalue weighted by molar-refractivity contribution is 0.449. The van der Waals surface area contributed by atoms with Crippen LogP contribution in [0.3, 0.4) is 0 Å². The maximum atomic E-state index is 4.92. The van der Waals surface area contributed by atoms with Gasteiger partial charge in [0.15, 0.2) is 0 Å². The number of aromatic amines is 1. The van der Waals surface area contributed by atoms with Gasteiger partial charge in [0.25, 0.3) is 0 Å². The van der Waals surface area contributed by atoms with Crippen LogP contribution in [0, 0.1) is 12.8 Å². The molecule has 2 aliphatic heterocycles. The van der Waals surface area contributed by atoms with Gasteiger partial charge < -0.3 is 10.6 Å². The number of thiophene rings is 1. The average Bonchev–Trinajstić information content (AvgIpc) is 3.29. The Labute approximate surface area is 138 Å². The maximum Gasteiger partial charge on any atom is 0.124 e. The molecule has 1 saturated carbocycles. The first-order valence-corrected chi connectivity index (χ1v) is 8.96. The summed E-state index contributed by atoms with van der Waals surface area (Å²) in [6, 6.07) is 3.20. The number of aromatic nitrogens is 2. The molecule has 3 unspecified atom stereocenters. The highest BCUT2D eigenvalue weighted by Crippen LogP contribution is 2.43. The third kappa shape index (κ3) is 2.01. The van der Waals surface area contributed by atoms with E-state index in [4.69, 9.17) is 4.99 Å². The quantitative estimate of drug-likeness (QED) is 0.794. The Hall–Kier alpha value is -1.92. The van der Waals surface area contributed by atoms with E-state index in [-0.39, 0.29) is 0 Å². The van der Waals surface area contributed by atoms with Crippen molar-refractivity contribution in [3.05, 3.63) is 29.4 Å². The molecule has 0 amide bonds. The van der Waals surface area contributed by atoms with E-state index in [9.17, 15) is 0 Å². The van der Waals surface area contributed by atoms with Crippen LogP contribution in [-0.4, -0.2) is 28.1 Å². The number of nitrogens with zero attached hydrogens (tertiary/aromatic N) is 2. The minimum Gasteiger partial charge on any atom is -0.342 e. The number of nitrogens with one attached hydrogen (secondary N) is 3. The van der Waals surface area contributed by atoms with Crippen LogP contribution in [0.15, 0.2) is 23.8 Å². The highest BCUT2D eigenvalue weighted by Gasteiger charge is 2.42. The van der Waals surface area contributed by atoms with Crippen molar-refractivity contribution in [3.8, 4) is 10.4 Å². The molecule has 2 fully saturated rings. The van der Waals surface area contributed by atoms with Crippen LogP contribution in [0.1, 0.15) is 29.8 Å². The van der Waals surface area contributed by atoms with Crippen molar-refractivity contribution in [2.45, 2.75) is 38.3 Å². The zero-order valence-corrected chi connectivity index (χ0v) is 13.8. The van der Waals surface area contributed by atoms with Gasteiger partial charge in [0, 0.05) is 22.2 Å². The van der Waals surface area contributed by atoms with Crippen LogP contribution in [0.5, 0.6) is 0 Å². The number of rotatable bonds is 2. The standard InChI is InChI=1S/C17H19N5S/c1-8-12(7-18-22-8)14-6-13-16(23-14)9(2)19-17(21-13)15-10-3-4-11(5-10)20-15/h6-7,10-11,15,20H,2-5H2,1H3,(H,18,22)(H,19,21). The van der Waals surface area contributed by atoms with E-state index < -0.39 is 0 Å². The first-order chi connectivity index (χ1) is 11.2. The number of H-pyrrole nitrogens is 1. The van der Waals surface area contributed by atoms with Crippen LogP contribution in [0.4, 0.5) is 5.69 Å². The number of hydrogen-bond acceptors (Lipinski definition) is 5. The largest absolute Gasteiger partial charge is 0.342 e. The molecule has 3 atom stereocenters. The first kappa shape index (κ1) is 13.5. The molecule has 2 aromatic rings. The molecule has 2 bridgehead atoms. The van der Waals surface area contributed by atoms with Crippen molar-refractivity contribution < 1.29 is 0 Å². The Morgan fingerprint density at radius 2 is 2.26 bits per heavy atom. The number of fused-ring (bicyclic) bond motifs is 3. The molecule has 0 aromatic carbocycles. The first-order valence-electron chi connectivity index (χ1n) is 8.14. The molecule has 3 N–H and O–H groups in total. The molecular weight excluding hydrogens is 306 g/mol. The lowest BCUT2D eigenvalue weighted by Gasteiger charge is -2.28. The topological polar surface area (TPSA) is 65.1 Å². The molecule has 6 heteroatoms. The van der Waals surface area contributed by atoms with E-state index in [0.717, 1.165) is 39.3 Å². The molecule has 5 rings (SSSR count). The molecule has 118 valence electrons. The summed E-state index contributed by atoms with van der Waals surface area (Å²) in [6.45, 7) is 6.27. The summed E-state index contributed by atoms with van der Waals surface area (Å²) in [5.74, 6) is 1.76. The Morgan fingerprint density at radius 1 is 1.35 bits per heavy atom. The Kier molecular flexibility index (Phi) is 2.81. The van der Waals surface area contributed by atoms with Gasteiger partial charge in [-0.2, -0.15) is 5.10 Å². The van der Waals surface area contributed by atoms with Crippen molar-refractivity contribution in [2.75, 3.05) is 0 Å². The highest BCUT2D eigenvalue weighted by molar-refractivity contribution is 7.17. The monoisotopic (exact) mass is 325 g/mol. The van der Waals surface area contributed by atoms with Crippen LogP contribution < -0.4 is 10.6 Å². The van der Waals surface area contributed by atoms with E-state index >= 15 is 0 Å². The van der Waals surface area contributed by atoms with Gasteiger partial charge in [0.1, 0.15) is 5.84 Å². The van der Waals surface area contributed by atoms with E-state index in [2.05, 4.69) is 33.5 Å². The minimum absolute atomic E-state index is 0.359. The van der Waals surface area contributed by atoms with Crippen LogP contribution in [-0.2, 0) is 0 Å². The van der Waals surface area contributed by atoms with Crippen molar-refractivity contribution in [2.24, 2.45) is 10.9 Å². The number of aliphatic imine (C=N–C) groups is 1. The fraction of sp³-hybridized carbons (Fsp3) is 0.412. The summed E-state index contributed by atoms with van der Waals surface area (Å²) < 4.78 is 0. The predicted octanol–water partition coefficient (Wildman–Crippen LogP) is 3.19. The molecule has 4 heterocycles. The molecular formula is C17H19N5S. The predicted molar refractivity (Wildman–Crippen MR) is 94.0 cm³/mol. The highest BCUT2D eigenvalue weighted by atomic mass is 32.1. The molecule has 23 heavy (non-hydrogen) atoms. The van der Waals surface area contributed by atoms with Crippen molar-refractivity contribution >= 4 is 28.6 Å². The second kappa shape index (κ2) is 4.79. The second-order valence-corrected chi connectivity index (χ2v) is 7.80. The SMILES string of the molecule is C=C1NC(C2NC3CCC2C3)=Nc2cc(-c3cn[nH]c3C)sc21. The van der Waals surface area contributed by atoms with Gasteiger partial charge in [0.05, 0.1) is 28.5 Å². The summed E-state index contributed by atoms with van der Waals surface area (Å²) in [6.07, 6.45) is 5.78. The van der Waals surface area contributed by atoms with Crippen molar-refractivity contribution in [1.29, 1.82) is 0 Å². The summed E-state index contributed by atoms with van der Waals surface area (Å²) in [4.78, 5) is 7.24. The smallest absolute Gasteiger partial charge is 0.124 e. The molecule has 1 aliphatic carbocycles. The summed E-state index contributed by atoms with van der Waals surface area (Å²) in [5, 5.41) is 14.3. The van der Waals surface area contributed by atoms with Crippen LogP contribution in [0.25, 0.3) is 16.1 Å². The van der Waals surface area contributed by atoms with Gasteiger partial charge >= 0.3 is 0 Å². The Morgan fingerprint density at radius 3 is 2.96 bits per heavy atom. The molecule has 1 saturated heterocycles. The average molecular weight is 325 g/mol. The van der Waals surface area contributed by atoms with Gasteiger partial charge in [0.2, 0.25) is 0 Å². The van der Waals surface area contributed by atoms with Gasteiger partial charge in [-0.3, -0.25) is 5.10 Å². The van der Waals surface area contributed by atoms with Gasteiger partial charge in [-0.25, -0.2) is 4.99 Å². The second-order valence-electron chi connectivity index (χ2n) is 6.75.